The lowest BCUT2D eigenvalue weighted by atomic mass is 9.98. The number of carboxylic acids is 1. The van der Waals surface area contributed by atoms with E-state index in [4.69, 9.17) is 6.91 Å². The highest BCUT2D eigenvalue weighted by atomic mass is 16.7. The molecule has 64 valence electrons. The Morgan fingerprint density at radius 2 is 2.45 bits per heavy atom. The van der Waals surface area contributed by atoms with Crippen LogP contribution in [0.4, 0.5) is 0 Å². The van der Waals surface area contributed by atoms with Gasteiger partial charge in [-0.05, 0) is 12.8 Å². The Bertz CT molecular complexity index is 267. The van der Waals surface area contributed by atoms with Crippen LogP contribution in [0.25, 0.3) is 1.43 Å². The van der Waals surface area contributed by atoms with Crippen LogP contribution in [0.1, 0.15) is 18.3 Å². The molecule has 1 rings (SSSR count). The number of hydroxylamine groups is 2. The van der Waals surface area contributed by atoms with E-state index >= 15 is 0 Å². The first-order valence-electron chi connectivity index (χ1n) is 5.67. The van der Waals surface area contributed by atoms with Gasteiger partial charge in [0, 0.05) is 18.5 Å². The Labute approximate surface area is 72.8 Å². The van der Waals surface area contributed by atoms with Crippen molar-refractivity contribution in [3.05, 3.63) is 0 Å². The Morgan fingerprint density at radius 3 is 2.91 bits per heavy atom. The zero-order valence-corrected chi connectivity index (χ0v) is 6.16. The summed E-state index contributed by atoms with van der Waals surface area (Å²) >= 11 is 0. The quantitative estimate of drug-likeness (QED) is 0.647. The van der Waals surface area contributed by atoms with Gasteiger partial charge in [0.1, 0.15) is 0 Å². The lowest BCUT2D eigenvalue weighted by molar-refractivity contribution is -0.161. The van der Waals surface area contributed by atoms with E-state index in [9.17, 15) is 4.79 Å². The van der Waals surface area contributed by atoms with E-state index in [0.717, 1.165) is 0 Å². The number of piperidine rings is 1. The molecule has 0 aromatic carbocycles. The Balaban J connectivity index is 2.93. The highest BCUT2D eigenvalue weighted by Crippen LogP contribution is 2.16. The van der Waals surface area contributed by atoms with Crippen LogP contribution in [-0.4, -0.2) is 36.2 Å². The summed E-state index contributed by atoms with van der Waals surface area (Å²) in [5.41, 5.74) is 0. The zero-order valence-electron chi connectivity index (χ0n) is 11.2. The van der Waals surface area contributed by atoms with Crippen molar-refractivity contribution in [2.24, 2.45) is 5.92 Å². The molecule has 4 nitrogen and oxygen atoms in total. The molecule has 1 N–H and O–H groups in total. The van der Waals surface area contributed by atoms with E-state index in [1.54, 1.807) is 0 Å². The van der Waals surface area contributed by atoms with E-state index in [0.29, 0.717) is 5.06 Å². The molecule has 1 aliphatic rings. The molecule has 1 heterocycles. The molecule has 0 saturated carbocycles. The first kappa shape index (κ1) is 3.87. The van der Waals surface area contributed by atoms with Crippen molar-refractivity contribution in [1.29, 1.82) is 1.43 Å². The Hall–Kier alpha value is -0.610. The average Bonchev–Trinajstić information content (AvgIpc) is 2.13. The van der Waals surface area contributed by atoms with Crippen LogP contribution in [-0.2, 0) is 9.63 Å². The SMILES string of the molecule is [3H]OC(=O)C1CC([3H])([3H])N(OC)C([3H])([3H])C1. The Morgan fingerprint density at radius 1 is 1.82 bits per heavy atom. The minimum absolute atomic E-state index is 0.266. The molecule has 11 heavy (non-hydrogen) atoms. The van der Waals surface area contributed by atoms with E-state index in [-0.39, 0.29) is 12.8 Å². The molecule has 0 aromatic heterocycles. The third-order valence-corrected chi connectivity index (χ3v) is 1.48. The predicted molar refractivity (Wildman–Crippen MR) is 38.9 cm³/mol. The molecular weight excluding hydrogens is 146 g/mol. The Kier molecular flexibility index (Phi) is 1.30. The van der Waals surface area contributed by atoms with Crippen LogP contribution in [0, 0.1) is 5.92 Å². The van der Waals surface area contributed by atoms with Crippen molar-refractivity contribution in [2.45, 2.75) is 12.8 Å². The highest BCUT2D eigenvalue weighted by molar-refractivity contribution is 5.70. The van der Waals surface area contributed by atoms with Crippen LogP contribution >= 0.6 is 0 Å². The fraction of sp³-hybridized carbons (Fsp3) is 0.857. The fourth-order valence-corrected chi connectivity index (χ4v) is 0.810. The van der Waals surface area contributed by atoms with E-state index < -0.39 is 24.9 Å². The third kappa shape index (κ3) is 2.17. The molecule has 0 atom stereocenters. The molecular formula is C7H13NO3. The molecule has 1 fully saturated rings. The zero-order chi connectivity index (χ0) is 12.6. The van der Waals surface area contributed by atoms with Gasteiger partial charge in [0.25, 0.3) is 1.43 Å². The maximum Gasteiger partial charge on any atom is 0.306 e. The van der Waals surface area contributed by atoms with Crippen LogP contribution in [0.15, 0.2) is 0 Å². The normalized spacial score (nSPS) is 37.4. The average molecular weight is 169 g/mol. The van der Waals surface area contributed by atoms with Gasteiger partial charge in [0.2, 0.25) is 0 Å². The second kappa shape index (κ2) is 3.69. The summed E-state index contributed by atoms with van der Waals surface area (Å²) in [4.78, 5) is 15.8. The van der Waals surface area contributed by atoms with Gasteiger partial charge >= 0.3 is 5.97 Å². The number of rotatable bonds is 2. The van der Waals surface area contributed by atoms with Gasteiger partial charge in [-0.15, -0.1) is 0 Å². The molecule has 0 spiro atoms. The van der Waals surface area contributed by atoms with Gasteiger partial charge in [-0.2, -0.15) is 5.06 Å². The second-order valence-electron chi connectivity index (χ2n) is 2.22. The van der Waals surface area contributed by atoms with Gasteiger partial charge in [0.15, 0.2) is 0 Å². The van der Waals surface area contributed by atoms with Crippen molar-refractivity contribution in [2.75, 3.05) is 20.1 Å². The first-order chi connectivity index (χ1) is 7.24. The highest BCUT2D eigenvalue weighted by Gasteiger charge is 2.23. The molecule has 0 aromatic rings. The number of aliphatic carboxylic acids is 1. The maximum absolute atomic E-state index is 11.1. The van der Waals surface area contributed by atoms with Gasteiger partial charge < -0.3 is 9.95 Å². The molecule has 0 aliphatic carbocycles. The van der Waals surface area contributed by atoms with Gasteiger partial charge in [0.05, 0.1) is 13.0 Å². The number of carbonyl (C=O) groups is 1. The molecule has 0 bridgehead atoms. The summed E-state index contributed by atoms with van der Waals surface area (Å²) < 4.78 is 36.8. The standard InChI is InChI=1S/C7H13NO3/c1-11-8-4-2-6(3-5-8)7(9)10/h6H,2-5H2,1H3,(H,9,10)/i4T2,5T2/hT. The maximum atomic E-state index is 11.1. The van der Waals surface area contributed by atoms with Gasteiger partial charge in [-0.3, -0.25) is 4.79 Å². The van der Waals surface area contributed by atoms with Crippen LogP contribution in [0.2, 0.25) is 0 Å². The van der Waals surface area contributed by atoms with Crippen molar-refractivity contribution in [3.63, 3.8) is 0 Å². The summed E-state index contributed by atoms with van der Waals surface area (Å²) in [6.07, 6.45) is -0.532. The number of hydrogen-bond donors (Lipinski definition) is 1. The summed E-state index contributed by atoms with van der Waals surface area (Å²) in [7, 11) is 1.17. The molecule has 4 heteroatoms. The third-order valence-electron chi connectivity index (χ3n) is 1.48. The van der Waals surface area contributed by atoms with Crippen molar-refractivity contribution in [3.8, 4) is 0 Å². The molecule has 1 saturated heterocycles. The molecule has 0 amide bonds. The van der Waals surface area contributed by atoms with E-state index in [1.165, 1.54) is 7.11 Å². The van der Waals surface area contributed by atoms with Gasteiger partial charge in [-0.25, -0.2) is 0 Å². The van der Waals surface area contributed by atoms with Crippen molar-refractivity contribution >= 4 is 5.97 Å². The fourth-order valence-electron chi connectivity index (χ4n) is 0.810. The van der Waals surface area contributed by atoms with Gasteiger partial charge in [-0.1, -0.05) is 0 Å². The molecule has 0 radical (unpaired) electrons. The summed E-state index contributed by atoms with van der Waals surface area (Å²) in [5, 5.41) is 4.35. The van der Waals surface area contributed by atoms with E-state index in [2.05, 4.69) is 9.95 Å². The number of carboxylic acid groups (broad SMARTS) is 1. The molecule has 1 aliphatic heterocycles. The monoisotopic (exact) mass is 169 g/mol. The number of hydrogen-bond acceptors (Lipinski definition) is 4. The summed E-state index contributed by atoms with van der Waals surface area (Å²) in [5.74, 6) is -1.91. The van der Waals surface area contributed by atoms with E-state index in [1.807, 2.05) is 0 Å². The lowest BCUT2D eigenvalue weighted by Gasteiger charge is -2.27. The predicted octanol–water partition coefficient (Wildman–Crippen LogP) is 0.344. The smallest absolute Gasteiger partial charge is 0.306 e. The van der Waals surface area contributed by atoms with Crippen molar-refractivity contribution < 1.29 is 20.2 Å². The van der Waals surface area contributed by atoms with Crippen molar-refractivity contribution in [1.82, 2.24) is 5.06 Å². The van der Waals surface area contributed by atoms with Crippen LogP contribution < -0.4 is 0 Å². The minimum Gasteiger partial charge on any atom is -0.481 e. The number of nitrogens with zero attached hydrogens (tertiary/aromatic N) is 1. The summed E-state index contributed by atoms with van der Waals surface area (Å²) in [6, 6.07) is 0. The molecule has 0 unspecified atom stereocenters. The largest absolute Gasteiger partial charge is 0.481 e. The second-order valence-corrected chi connectivity index (χ2v) is 2.22. The lowest BCUT2D eigenvalue weighted by Crippen LogP contribution is -2.35. The summed E-state index contributed by atoms with van der Waals surface area (Å²) in [6.45, 7) is -4.23. The van der Waals surface area contributed by atoms with Crippen LogP contribution in [0.5, 0.6) is 0 Å². The first-order valence-corrected chi connectivity index (χ1v) is 3.26. The minimum atomic E-state index is -2.12. The topological polar surface area (TPSA) is 49.8 Å². The van der Waals surface area contributed by atoms with Crippen LogP contribution in [0.3, 0.4) is 0 Å².